The van der Waals surface area contributed by atoms with E-state index in [1.54, 1.807) is 12.1 Å². The van der Waals surface area contributed by atoms with E-state index in [0.29, 0.717) is 35.4 Å². The van der Waals surface area contributed by atoms with Gasteiger partial charge in [0.2, 0.25) is 5.13 Å². The van der Waals surface area contributed by atoms with Crippen molar-refractivity contribution < 1.29 is 4.79 Å². The van der Waals surface area contributed by atoms with Crippen LogP contribution in [0.4, 0.5) is 5.13 Å². The van der Waals surface area contributed by atoms with Gasteiger partial charge in [0.15, 0.2) is 5.82 Å². The molecule has 0 atom stereocenters. The molecule has 7 nitrogen and oxygen atoms in total. The molecule has 0 bridgehead atoms. The van der Waals surface area contributed by atoms with Crippen LogP contribution in [0.5, 0.6) is 0 Å². The van der Waals surface area contributed by atoms with Gasteiger partial charge < -0.3 is 11.1 Å². The van der Waals surface area contributed by atoms with Crippen LogP contribution in [0.2, 0.25) is 0 Å². The average Bonchev–Trinajstić information content (AvgIpc) is 3.07. The second-order valence-corrected chi connectivity index (χ2v) is 7.21. The lowest BCUT2D eigenvalue weighted by Gasteiger charge is -2.07. The molecular formula is C18H20N6OS. The van der Waals surface area contributed by atoms with Crippen molar-refractivity contribution in [1.82, 2.24) is 25.5 Å². The predicted octanol–water partition coefficient (Wildman–Crippen LogP) is 2.67. The molecule has 1 amide bonds. The second-order valence-electron chi connectivity index (χ2n) is 6.12. The summed E-state index contributed by atoms with van der Waals surface area (Å²) in [5.74, 6) is 0.834. The van der Waals surface area contributed by atoms with Crippen LogP contribution in [-0.4, -0.2) is 32.6 Å². The molecule has 2 heterocycles. The highest BCUT2D eigenvalue weighted by atomic mass is 32.1. The minimum absolute atomic E-state index is 0.150. The van der Waals surface area contributed by atoms with E-state index in [4.69, 9.17) is 5.73 Å². The van der Waals surface area contributed by atoms with Gasteiger partial charge in [-0.05, 0) is 23.6 Å². The number of nitrogens with two attached hydrogens (primary N) is 1. The van der Waals surface area contributed by atoms with Crippen LogP contribution >= 0.6 is 11.3 Å². The van der Waals surface area contributed by atoms with E-state index in [2.05, 4.69) is 39.3 Å². The molecule has 0 saturated carbocycles. The number of anilines is 1. The first kappa shape index (κ1) is 17.9. The summed E-state index contributed by atoms with van der Waals surface area (Å²) < 4.78 is 0. The molecule has 0 aliphatic heterocycles. The van der Waals surface area contributed by atoms with E-state index >= 15 is 0 Å². The number of aromatic nitrogens is 4. The minimum Gasteiger partial charge on any atom is -0.374 e. The number of hydrogen-bond donors (Lipinski definition) is 2. The molecule has 3 aromatic rings. The van der Waals surface area contributed by atoms with Gasteiger partial charge in [0.05, 0.1) is 0 Å². The molecule has 0 fully saturated rings. The summed E-state index contributed by atoms with van der Waals surface area (Å²) in [4.78, 5) is 21.2. The van der Waals surface area contributed by atoms with Crippen LogP contribution in [0.3, 0.4) is 0 Å². The maximum absolute atomic E-state index is 12.4. The van der Waals surface area contributed by atoms with Crippen molar-refractivity contribution in [2.75, 3.05) is 12.3 Å². The molecule has 3 N–H and O–H groups in total. The van der Waals surface area contributed by atoms with Crippen molar-refractivity contribution in [1.29, 1.82) is 0 Å². The van der Waals surface area contributed by atoms with E-state index in [1.807, 2.05) is 24.5 Å². The average molecular weight is 368 g/mol. The van der Waals surface area contributed by atoms with Crippen LogP contribution in [0.25, 0.3) is 11.4 Å². The van der Waals surface area contributed by atoms with Crippen molar-refractivity contribution in [2.45, 2.75) is 26.2 Å². The summed E-state index contributed by atoms with van der Waals surface area (Å²) in [6.07, 6.45) is 4.25. The van der Waals surface area contributed by atoms with Crippen LogP contribution in [0.1, 0.15) is 40.7 Å². The van der Waals surface area contributed by atoms with Gasteiger partial charge in [-0.15, -0.1) is 10.2 Å². The lowest BCUT2D eigenvalue weighted by atomic mass is 10.1. The summed E-state index contributed by atoms with van der Waals surface area (Å²) in [5.41, 5.74) is 8.00. The van der Waals surface area contributed by atoms with E-state index in [-0.39, 0.29) is 5.91 Å². The molecule has 134 valence electrons. The van der Waals surface area contributed by atoms with Crippen LogP contribution < -0.4 is 11.1 Å². The minimum atomic E-state index is -0.150. The van der Waals surface area contributed by atoms with Crippen molar-refractivity contribution >= 4 is 22.4 Å². The number of nitrogens with one attached hydrogen (secondary N) is 1. The summed E-state index contributed by atoms with van der Waals surface area (Å²) in [6.45, 7) is 4.66. The SMILES string of the molecule is CC(C)c1cnc(-c2cccc(C(=O)NCCc3nnc(N)s3)c2)nc1. The quantitative estimate of drug-likeness (QED) is 0.693. The number of carbonyl (C=O) groups is 1. The molecular weight excluding hydrogens is 348 g/mol. The Morgan fingerprint density at radius 1 is 1.23 bits per heavy atom. The molecule has 26 heavy (non-hydrogen) atoms. The molecule has 3 rings (SSSR count). The maximum Gasteiger partial charge on any atom is 0.251 e. The van der Waals surface area contributed by atoms with E-state index < -0.39 is 0 Å². The molecule has 1 aromatic carbocycles. The Balaban J connectivity index is 1.65. The fourth-order valence-electron chi connectivity index (χ4n) is 2.34. The number of rotatable bonds is 6. The van der Waals surface area contributed by atoms with Crippen molar-refractivity contribution in [3.63, 3.8) is 0 Å². The zero-order chi connectivity index (χ0) is 18.5. The molecule has 0 radical (unpaired) electrons. The Bertz CT molecular complexity index is 891. The fraction of sp³-hybridized carbons (Fsp3) is 0.278. The summed E-state index contributed by atoms with van der Waals surface area (Å²) in [5, 5.41) is 11.8. The van der Waals surface area contributed by atoms with E-state index in [9.17, 15) is 4.79 Å². The monoisotopic (exact) mass is 368 g/mol. The summed E-state index contributed by atoms with van der Waals surface area (Å²) in [6, 6.07) is 7.29. The highest BCUT2D eigenvalue weighted by Crippen LogP contribution is 2.18. The number of nitrogen functional groups attached to an aromatic ring is 1. The molecule has 0 spiro atoms. The number of nitrogens with zero attached hydrogens (tertiary/aromatic N) is 4. The Kier molecular flexibility index (Phi) is 5.52. The van der Waals surface area contributed by atoms with E-state index in [0.717, 1.165) is 16.1 Å². The maximum atomic E-state index is 12.4. The largest absolute Gasteiger partial charge is 0.374 e. The van der Waals surface area contributed by atoms with Gasteiger partial charge in [-0.1, -0.05) is 37.3 Å². The number of amides is 1. The number of benzene rings is 1. The standard InChI is InChI=1S/C18H20N6OS/c1-11(2)14-9-21-16(22-10-14)12-4-3-5-13(8-12)17(25)20-7-6-15-23-24-18(19)26-15/h3-5,8-11H,6-7H2,1-2H3,(H2,19,24)(H,20,25). The lowest BCUT2D eigenvalue weighted by Crippen LogP contribution is -2.25. The van der Waals surface area contributed by atoms with Crippen LogP contribution in [-0.2, 0) is 6.42 Å². The first-order valence-electron chi connectivity index (χ1n) is 8.31. The van der Waals surface area contributed by atoms with Gasteiger partial charge in [-0.25, -0.2) is 9.97 Å². The number of hydrogen-bond acceptors (Lipinski definition) is 7. The Morgan fingerprint density at radius 2 is 2.00 bits per heavy atom. The highest BCUT2D eigenvalue weighted by molar-refractivity contribution is 7.15. The van der Waals surface area contributed by atoms with Gasteiger partial charge in [0.1, 0.15) is 5.01 Å². The zero-order valence-corrected chi connectivity index (χ0v) is 15.5. The third-order valence-corrected chi connectivity index (χ3v) is 4.64. The Hall–Kier alpha value is -2.87. The van der Waals surface area contributed by atoms with Crippen molar-refractivity contribution in [2.24, 2.45) is 0 Å². The molecule has 2 aromatic heterocycles. The van der Waals surface area contributed by atoms with Gasteiger partial charge in [0.25, 0.3) is 5.91 Å². The smallest absolute Gasteiger partial charge is 0.251 e. The van der Waals surface area contributed by atoms with Crippen molar-refractivity contribution in [3.8, 4) is 11.4 Å². The first-order chi connectivity index (χ1) is 12.5. The van der Waals surface area contributed by atoms with Gasteiger partial charge >= 0.3 is 0 Å². The summed E-state index contributed by atoms with van der Waals surface area (Å²) in [7, 11) is 0. The highest BCUT2D eigenvalue weighted by Gasteiger charge is 2.10. The van der Waals surface area contributed by atoms with Crippen LogP contribution in [0, 0.1) is 0 Å². The third-order valence-electron chi connectivity index (χ3n) is 3.83. The van der Waals surface area contributed by atoms with E-state index in [1.165, 1.54) is 11.3 Å². The molecule has 0 aliphatic rings. The molecule has 0 aliphatic carbocycles. The van der Waals surface area contributed by atoms with Gasteiger partial charge in [0, 0.05) is 36.5 Å². The topological polar surface area (TPSA) is 107 Å². The van der Waals surface area contributed by atoms with Gasteiger partial charge in [-0.2, -0.15) is 0 Å². The summed E-state index contributed by atoms with van der Waals surface area (Å²) >= 11 is 1.33. The zero-order valence-electron chi connectivity index (χ0n) is 14.6. The molecule has 0 saturated heterocycles. The number of carbonyl (C=O) groups excluding carboxylic acids is 1. The second kappa shape index (κ2) is 8.01. The first-order valence-corrected chi connectivity index (χ1v) is 9.13. The normalized spacial score (nSPS) is 10.9. The Morgan fingerprint density at radius 3 is 2.65 bits per heavy atom. The van der Waals surface area contributed by atoms with Crippen LogP contribution in [0.15, 0.2) is 36.7 Å². The van der Waals surface area contributed by atoms with Gasteiger partial charge in [-0.3, -0.25) is 4.79 Å². The third kappa shape index (κ3) is 4.40. The fourth-order valence-corrected chi connectivity index (χ4v) is 2.95. The molecule has 0 unspecified atom stereocenters. The Labute approximate surface area is 155 Å². The lowest BCUT2D eigenvalue weighted by molar-refractivity contribution is 0.0954. The van der Waals surface area contributed by atoms with Crippen molar-refractivity contribution in [3.05, 3.63) is 52.8 Å². The molecule has 8 heteroatoms. The predicted molar refractivity (Wildman–Crippen MR) is 102 cm³/mol.